The predicted molar refractivity (Wildman–Crippen MR) is 61.9 cm³/mol. The van der Waals surface area contributed by atoms with Crippen molar-refractivity contribution in [2.45, 2.75) is 52.4 Å². The van der Waals surface area contributed by atoms with E-state index in [4.69, 9.17) is 0 Å². The van der Waals surface area contributed by atoms with Crippen LogP contribution in [0.1, 0.15) is 52.4 Å². The smallest absolute Gasteiger partial charge is 0.0233 e. The average Bonchev–Trinajstić information content (AvgIpc) is 2.16. The molecule has 0 spiro atoms. The Balaban J connectivity index is 3.45. The Bertz CT molecular complexity index is 133. The minimum atomic E-state index is 0.739. The molecule has 1 unspecified atom stereocenters. The standard InChI is InChI=1S/C13H24/c1-4-7-9-11-13(6-3)12-10-8-5-2/h4,6-7,13H,3,5,8-12H2,1-2H3/b7-4-. The molecule has 1 atom stereocenters. The molecule has 0 amide bonds. The maximum absolute atomic E-state index is 3.89. The molecule has 13 heavy (non-hydrogen) atoms. The lowest BCUT2D eigenvalue weighted by molar-refractivity contribution is 0.512. The van der Waals surface area contributed by atoms with Gasteiger partial charge in [-0.25, -0.2) is 0 Å². The Hall–Kier alpha value is -0.520. The van der Waals surface area contributed by atoms with Crippen molar-refractivity contribution in [3.63, 3.8) is 0 Å². The highest BCUT2D eigenvalue weighted by molar-refractivity contribution is 4.84. The largest absolute Gasteiger partial charge is 0.103 e. The van der Waals surface area contributed by atoms with E-state index in [0.29, 0.717) is 0 Å². The molecule has 0 aromatic carbocycles. The number of hydrogen-bond donors (Lipinski definition) is 0. The predicted octanol–water partition coefficient (Wildman–Crippen LogP) is 4.73. The fourth-order valence-electron chi connectivity index (χ4n) is 1.51. The third-order valence-corrected chi connectivity index (χ3v) is 2.45. The Kier molecular flexibility index (Phi) is 9.18. The van der Waals surface area contributed by atoms with Crippen LogP contribution in [0.5, 0.6) is 0 Å². The number of allylic oxidation sites excluding steroid dienone is 3. The Morgan fingerprint density at radius 2 is 2.00 bits per heavy atom. The van der Waals surface area contributed by atoms with Gasteiger partial charge in [0, 0.05) is 0 Å². The maximum atomic E-state index is 3.89. The monoisotopic (exact) mass is 180 g/mol. The van der Waals surface area contributed by atoms with Crippen LogP contribution in [0.2, 0.25) is 0 Å². The molecule has 0 nitrogen and oxygen atoms in total. The molecule has 0 heteroatoms. The highest BCUT2D eigenvalue weighted by Crippen LogP contribution is 2.16. The molecule has 0 aliphatic carbocycles. The van der Waals surface area contributed by atoms with E-state index in [1.54, 1.807) is 0 Å². The number of hydrogen-bond acceptors (Lipinski definition) is 0. The van der Waals surface area contributed by atoms with Gasteiger partial charge in [0.1, 0.15) is 0 Å². The van der Waals surface area contributed by atoms with Crippen molar-refractivity contribution >= 4 is 0 Å². The molecule has 0 heterocycles. The minimum Gasteiger partial charge on any atom is -0.103 e. The summed E-state index contributed by atoms with van der Waals surface area (Å²) in [6, 6.07) is 0. The van der Waals surface area contributed by atoms with Gasteiger partial charge in [-0.1, -0.05) is 44.4 Å². The summed E-state index contributed by atoms with van der Waals surface area (Å²) in [5.41, 5.74) is 0. The summed E-state index contributed by atoms with van der Waals surface area (Å²) >= 11 is 0. The van der Waals surface area contributed by atoms with Gasteiger partial charge in [-0.3, -0.25) is 0 Å². The quantitative estimate of drug-likeness (QED) is 0.374. The van der Waals surface area contributed by atoms with Gasteiger partial charge in [0.15, 0.2) is 0 Å². The summed E-state index contributed by atoms with van der Waals surface area (Å²) in [7, 11) is 0. The first-order valence-corrected chi connectivity index (χ1v) is 5.58. The lowest BCUT2D eigenvalue weighted by atomic mass is 9.96. The second-order valence-electron chi connectivity index (χ2n) is 3.64. The molecule has 0 rings (SSSR count). The first-order chi connectivity index (χ1) is 6.35. The average molecular weight is 180 g/mol. The Morgan fingerprint density at radius 1 is 1.23 bits per heavy atom. The Morgan fingerprint density at radius 3 is 2.54 bits per heavy atom. The lowest BCUT2D eigenvalue weighted by Crippen LogP contribution is -1.95. The van der Waals surface area contributed by atoms with E-state index >= 15 is 0 Å². The highest BCUT2D eigenvalue weighted by Gasteiger charge is 2.01. The summed E-state index contributed by atoms with van der Waals surface area (Å²) in [6.45, 7) is 8.23. The second-order valence-corrected chi connectivity index (χ2v) is 3.64. The van der Waals surface area contributed by atoms with Crippen molar-refractivity contribution in [2.75, 3.05) is 0 Å². The van der Waals surface area contributed by atoms with Gasteiger partial charge in [0.25, 0.3) is 0 Å². The molecule has 0 aliphatic rings. The molecule has 76 valence electrons. The summed E-state index contributed by atoms with van der Waals surface area (Å²) in [4.78, 5) is 0. The van der Waals surface area contributed by atoms with Gasteiger partial charge in [-0.15, -0.1) is 6.58 Å². The maximum Gasteiger partial charge on any atom is -0.0233 e. The minimum absolute atomic E-state index is 0.739. The molecule has 0 aliphatic heterocycles. The SMILES string of the molecule is C=CC(CC/C=C\C)CCCCC. The van der Waals surface area contributed by atoms with Gasteiger partial charge in [-0.2, -0.15) is 0 Å². The van der Waals surface area contributed by atoms with Crippen LogP contribution in [-0.4, -0.2) is 0 Å². The zero-order valence-electron chi connectivity index (χ0n) is 9.26. The van der Waals surface area contributed by atoms with E-state index in [0.717, 1.165) is 5.92 Å². The Labute approximate surface area is 83.7 Å². The van der Waals surface area contributed by atoms with E-state index in [9.17, 15) is 0 Å². The summed E-state index contributed by atoms with van der Waals surface area (Å²) in [5, 5.41) is 0. The number of unbranched alkanes of at least 4 members (excludes halogenated alkanes) is 2. The topological polar surface area (TPSA) is 0 Å². The molecule has 0 bridgehead atoms. The second kappa shape index (κ2) is 9.57. The van der Waals surface area contributed by atoms with Crippen LogP contribution in [0, 0.1) is 5.92 Å². The van der Waals surface area contributed by atoms with E-state index in [-0.39, 0.29) is 0 Å². The van der Waals surface area contributed by atoms with Crippen LogP contribution in [0.25, 0.3) is 0 Å². The van der Waals surface area contributed by atoms with Gasteiger partial charge in [0.2, 0.25) is 0 Å². The van der Waals surface area contributed by atoms with E-state index in [1.165, 1.54) is 38.5 Å². The molecule has 0 aromatic heterocycles. The highest BCUT2D eigenvalue weighted by atomic mass is 14.1. The van der Waals surface area contributed by atoms with E-state index in [1.807, 2.05) is 0 Å². The van der Waals surface area contributed by atoms with Crippen molar-refractivity contribution in [1.29, 1.82) is 0 Å². The molecule has 0 saturated carbocycles. The van der Waals surface area contributed by atoms with E-state index < -0.39 is 0 Å². The molecule has 0 fully saturated rings. The molecule has 0 N–H and O–H groups in total. The van der Waals surface area contributed by atoms with Crippen molar-refractivity contribution in [2.24, 2.45) is 5.92 Å². The zero-order valence-corrected chi connectivity index (χ0v) is 9.26. The van der Waals surface area contributed by atoms with Crippen LogP contribution in [-0.2, 0) is 0 Å². The van der Waals surface area contributed by atoms with Crippen molar-refractivity contribution in [3.8, 4) is 0 Å². The first kappa shape index (κ1) is 12.5. The van der Waals surface area contributed by atoms with Crippen LogP contribution in [0.3, 0.4) is 0 Å². The fraction of sp³-hybridized carbons (Fsp3) is 0.692. The van der Waals surface area contributed by atoms with Crippen molar-refractivity contribution < 1.29 is 0 Å². The van der Waals surface area contributed by atoms with Crippen LogP contribution in [0.4, 0.5) is 0 Å². The third-order valence-electron chi connectivity index (χ3n) is 2.45. The fourth-order valence-corrected chi connectivity index (χ4v) is 1.51. The van der Waals surface area contributed by atoms with Crippen LogP contribution < -0.4 is 0 Å². The summed E-state index contributed by atoms with van der Waals surface area (Å²) in [5.74, 6) is 0.739. The lowest BCUT2D eigenvalue weighted by Gasteiger charge is -2.09. The van der Waals surface area contributed by atoms with Gasteiger partial charge >= 0.3 is 0 Å². The molecule has 0 aromatic rings. The van der Waals surface area contributed by atoms with Gasteiger partial charge in [0.05, 0.1) is 0 Å². The van der Waals surface area contributed by atoms with Crippen LogP contribution in [0.15, 0.2) is 24.8 Å². The van der Waals surface area contributed by atoms with Gasteiger partial charge < -0.3 is 0 Å². The zero-order chi connectivity index (χ0) is 9.94. The van der Waals surface area contributed by atoms with Crippen molar-refractivity contribution in [3.05, 3.63) is 24.8 Å². The molecule has 0 radical (unpaired) electrons. The van der Waals surface area contributed by atoms with Gasteiger partial charge in [-0.05, 0) is 32.1 Å². The van der Waals surface area contributed by atoms with Crippen molar-refractivity contribution in [1.82, 2.24) is 0 Å². The third kappa shape index (κ3) is 7.83. The molecular formula is C13H24. The summed E-state index contributed by atoms with van der Waals surface area (Å²) in [6.07, 6.45) is 14.4. The molecular weight excluding hydrogens is 156 g/mol. The molecule has 0 saturated heterocycles. The summed E-state index contributed by atoms with van der Waals surface area (Å²) < 4.78 is 0. The first-order valence-electron chi connectivity index (χ1n) is 5.58. The van der Waals surface area contributed by atoms with E-state index in [2.05, 4.69) is 38.7 Å². The van der Waals surface area contributed by atoms with Crippen LogP contribution >= 0.6 is 0 Å². The number of rotatable bonds is 8. The normalized spacial score (nSPS) is 13.4.